The van der Waals surface area contributed by atoms with Crippen LogP contribution < -0.4 is 5.14 Å². The van der Waals surface area contributed by atoms with Gasteiger partial charge in [-0.15, -0.1) is 5.11 Å². The molecule has 6 nitrogen and oxygen atoms in total. The Hall–Kier alpha value is -1.86. The van der Waals surface area contributed by atoms with Gasteiger partial charge >= 0.3 is 0 Å². The van der Waals surface area contributed by atoms with Crippen LogP contribution in [-0.2, 0) is 10.0 Å². The Labute approximate surface area is 91.3 Å². The minimum Gasteiger partial charge on any atom is -0.226 e. The number of benzene rings is 1. The molecule has 0 aromatic heterocycles. The van der Waals surface area contributed by atoms with Gasteiger partial charge in [-0.3, -0.25) is 0 Å². The molecule has 0 atom stereocenters. The molecule has 2 heterocycles. The van der Waals surface area contributed by atoms with Gasteiger partial charge in [0, 0.05) is 5.56 Å². The van der Waals surface area contributed by atoms with E-state index in [0.717, 1.165) is 5.57 Å². The smallest absolute Gasteiger partial charge is 0.226 e. The molecule has 0 saturated heterocycles. The number of hydrogen-bond acceptors (Lipinski definition) is 5. The molecule has 0 saturated carbocycles. The lowest BCUT2D eigenvalue weighted by molar-refractivity contribution is 0.598. The first-order valence-electron chi connectivity index (χ1n) is 4.43. The topological polar surface area (TPSA) is 97.2 Å². The van der Waals surface area contributed by atoms with E-state index in [1.165, 1.54) is 12.1 Å². The maximum absolute atomic E-state index is 11.2. The van der Waals surface area contributed by atoms with Gasteiger partial charge in [-0.2, -0.15) is 5.11 Å². The molecule has 80 valence electrons. The van der Waals surface area contributed by atoms with E-state index in [2.05, 4.69) is 15.2 Å². The van der Waals surface area contributed by atoms with Gasteiger partial charge in [-0.25, -0.2) is 18.5 Å². The van der Waals surface area contributed by atoms with Crippen molar-refractivity contribution < 1.29 is 8.42 Å². The Morgan fingerprint density at radius 1 is 1.25 bits per heavy atom. The third-order valence-corrected chi connectivity index (χ3v) is 3.30. The summed E-state index contributed by atoms with van der Waals surface area (Å²) in [6, 6.07) is 4.52. The van der Waals surface area contributed by atoms with E-state index in [1.54, 1.807) is 12.3 Å². The van der Waals surface area contributed by atoms with Gasteiger partial charge in [0.05, 0.1) is 22.4 Å². The quantitative estimate of drug-likeness (QED) is 0.789. The molecule has 0 unspecified atom stereocenters. The molecule has 0 fully saturated rings. The average Bonchev–Trinajstić information content (AvgIpc) is 2.74. The maximum atomic E-state index is 11.2. The number of hydrogen-bond donors (Lipinski definition) is 1. The summed E-state index contributed by atoms with van der Waals surface area (Å²) >= 11 is 0. The predicted molar refractivity (Wildman–Crippen MR) is 57.7 cm³/mol. The van der Waals surface area contributed by atoms with Crippen molar-refractivity contribution in [1.82, 2.24) is 0 Å². The fraction of sp³-hybridized carbons (Fsp3) is 0. The van der Waals surface area contributed by atoms with Crippen LogP contribution >= 0.6 is 0 Å². The molecule has 3 rings (SSSR count). The number of azo groups is 1. The molecule has 1 aromatic rings. The lowest BCUT2D eigenvalue weighted by Gasteiger charge is -2.01. The van der Waals surface area contributed by atoms with Crippen LogP contribution in [0, 0.1) is 0 Å². The van der Waals surface area contributed by atoms with Crippen molar-refractivity contribution in [3.8, 4) is 0 Å². The van der Waals surface area contributed by atoms with Gasteiger partial charge in [0.15, 0.2) is 5.84 Å². The van der Waals surface area contributed by atoms with Crippen molar-refractivity contribution >= 4 is 27.1 Å². The lowest BCUT2D eigenvalue weighted by atomic mass is 10.1. The number of sulfonamides is 1. The van der Waals surface area contributed by atoms with Crippen molar-refractivity contribution in [1.29, 1.82) is 0 Å². The summed E-state index contributed by atoms with van der Waals surface area (Å²) in [6.07, 6.45) is 1.55. The number of aliphatic imine (C=N–C) groups is 1. The normalized spacial score (nSPS) is 16.8. The van der Waals surface area contributed by atoms with E-state index in [1.807, 2.05) is 0 Å². The zero-order valence-corrected chi connectivity index (χ0v) is 8.77. The third kappa shape index (κ3) is 1.22. The number of primary sulfonamides is 1. The fourth-order valence-electron chi connectivity index (χ4n) is 1.64. The molecule has 0 bridgehead atoms. The van der Waals surface area contributed by atoms with E-state index in [9.17, 15) is 8.42 Å². The summed E-state index contributed by atoms with van der Waals surface area (Å²) in [6.45, 7) is 0. The minimum atomic E-state index is -3.69. The van der Waals surface area contributed by atoms with Crippen molar-refractivity contribution in [3.63, 3.8) is 0 Å². The second kappa shape index (κ2) is 2.83. The SMILES string of the molecule is NS(=O)(=O)c1ccc2c(c1)C1=CN=NC1=N2. The molecular formula is C9H6N4O2S. The van der Waals surface area contributed by atoms with Gasteiger partial charge < -0.3 is 0 Å². The maximum Gasteiger partial charge on any atom is 0.238 e. The van der Waals surface area contributed by atoms with Gasteiger partial charge in [-0.1, -0.05) is 0 Å². The lowest BCUT2D eigenvalue weighted by Crippen LogP contribution is -2.12. The first-order valence-corrected chi connectivity index (χ1v) is 5.98. The van der Waals surface area contributed by atoms with Crippen LogP contribution in [0.3, 0.4) is 0 Å². The van der Waals surface area contributed by atoms with Gasteiger partial charge in [0.25, 0.3) is 0 Å². The Kier molecular flexibility index (Phi) is 1.66. The molecule has 1 aromatic carbocycles. The minimum absolute atomic E-state index is 0.0653. The molecule has 2 aliphatic rings. The van der Waals surface area contributed by atoms with Gasteiger partial charge in [0.2, 0.25) is 10.0 Å². The monoisotopic (exact) mass is 234 g/mol. The number of fused-ring (bicyclic) bond motifs is 3. The van der Waals surface area contributed by atoms with Crippen molar-refractivity contribution in [2.24, 2.45) is 20.4 Å². The number of nitrogens with zero attached hydrogens (tertiary/aromatic N) is 3. The average molecular weight is 234 g/mol. The summed E-state index contributed by atoms with van der Waals surface area (Å²) in [7, 11) is -3.69. The molecular weight excluding hydrogens is 228 g/mol. The largest absolute Gasteiger partial charge is 0.238 e. The first-order chi connectivity index (χ1) is 7.55. The zero-order valence-electron chi connectivity index (χ0n) is 7.95. The molecule has 16 heavy (non-hydrogen) atoms. The Balaban J connectivity index is 2.22. The molecule has 2 aliphatic heterocycles. The highest BCUT2D eigenvalue weighted by molar-refractivity contribution is 7.89. The molecule has 0 aliphatic carbocycles. The van der Waals surface area contributed by atoms with E-state index >= 15 is 0 Å². The summed E-state index contributed by atoms with van der Waals surface area (Å²) < 4.78 is 22.4. The van der Waals surface area contributed by atoms with E-state index in [0.29, 0.717) is 17.1 Å². The fourth-order valence-corrected chi connectivity index (χ4v) is 2.18. The number of amidine groups is 1. The summed E-state index contributed by atoms with van der Waals surface area (Å²) in [5.74, 6) is 0.515. The highest BCUT2D eigenvalue weighted by Gasteiger charge is 2.25. The molecule has 2 N–H and O–H groups in total. The van der Waals surface area contributed by atoms with Crippen LogP contribution in [0.2, 0.25) is 0 Å². The van der Waals surface area contributed by atoms with Crippen LogP contribution in [0.1, 0.15) is 5.56 Å². The standard InChI is InChI=1S/C9H6N4O2S/c10-16(14,15)5-1-2-8-6(3-5)7-4-11-13-9(7)12-8/h1-4H,(H2,10,14,15). The van der Waals surface area contributed by atoms with E-state index in [4.69, 9.17) is 5.14 Å². The summed E-state index contributed by atoms with van der Waals surface area (Å²) in [4.78, 5) is 4.25. The van der Waals surface area contributed by atoms with Crippen molar-refractivity contribution in [3.05, 3.63) is 30.0 Å². The van der Waals surface area contributed by atoms with Gasteiger partial charge in [0.1, 0.15) is 0 Å². The third-order valence-electron chi connectivity index (χ3n) is 2.39. The van der Waals surface area contributed by atoms with Crippen molar-refractivity contribution in [2.45, 2.75) is 4.90 Å². The van der Waals surface area contributed by atoms with Crippen LogP contribution in [0.15, 0.2) is 44.5 Å². The zero-order chi connectivity index (χ0) is 11.3. The summed E-state index contributed by atoms with van der Waals surface area (Å²) in [5, 5.41) is 12.6. The van der Waals surface area contributed by atoms with E-state index < -0.39 is 10.0 Å². The highest BCUT2D eigenvalue weighted by atomic mass is 32.2. The summed E-state index contributed by atoms with van der Waals surface area (Å²) in [5.41, 5.74) is 2.12. The van der Waals surface area contributed by atoms with Gasteiger partial charge in [-0.05, 0) is 18.2 Å². The molecule has 7 heteroatoms. The predicted octanol–water partition coefficient (Wildman–Crippen LogP) is 1.18. The molecule has 0 amide bonds. The first kappa shape index (κ1) is 9.37. The molecule has 0 radical (unpaired) electrons. The van der Waals surface area contributed by atoms with Crippen LogP contribution in [0.25, 0.3) is 5.57 Å². The number of nitrogens with two attached hydrogens (primary N) is 1. The Bertz CT molecular complexity index is 685. The van der Waals surface area contributed by atoms with Crippen LogP contribution in [-0.4, -0.2) is 14.3 Å². The highest BCUT2D eigenvalue weighted by Crippen LogP contribution is 2.38. The van der Waals surface area contributed by atoms with Crippen LogP contribution in [0.5, 0.6) is 0 Å². The van der Waals surface area contributed by atoms with Crippen LogP contribution in [0.4, 0.5) is 5.69 Å². The number of rotatable bonds is 1. The van der Waals surface area contributed by atoms with Crippen molar-refractivity contribution in [2.75, 3.05) is 0 Å². The second-order valence-electron chi connectivity index (χ2n) is 3.42. The second-order valence-corrected chi connectivity index (χ2v) is 4.98. The van der Waals surface area contributed by atoms with E-state index in [-0.39, 0.29) is 4.90 Å². The molecule has 0 spiro atoms. The Morgan fingerprint density at radius 3 is 2.81 bits per heavy atom. The Morgan fingerprint density at radius 2 is 2.06 bits per heavy atom.